The molecule has 108 valence electrons. The van der Waals surface area contributed by atoms with Crippen LogP contribution in [0.2, 0.25) is 0 Å². The van der Waals surface area contributed by atoms with E-state index in [9.17, 15) is 4.79 Å². The molecule has 1 amide bonds. The summed E-state index contributed by atoms with van der Waals surface area (Å²) in [6.07, 6.45) is 3.28. The summed E-state index contributed by atoms with van der Waals surface area (Å²) in [5, 5.41) is 3.39. The molecule has 2 saturated heterocycles. The Morgan fingerprint density at radius 3 is 2.80 bits per heavy atom. The summed E-state index contributed by atoms with van der Waals surface area (Å²) in [5.74, 6) is 1.49. The van der Waals surface area contributed by atoms with Crippen molar-refractivity contribution in [3.63, 3.8) is 0 Å². The highest BCUT2D eigenvalue weighted by Crippen LogP contribution is 2.28. The second kappa shape index (κ2) is 5.96. The summed E-state index contributed by atoms with van der Waals surface area (Å²) < 4.78 is 0. The minimum absolute atomic E-state index is 0.0493. The minimum Gasteiger partial charge on any atom is -0.341 e. The van der Waals surface area contributed by atoms with Crippen LogP contribution in [-0.4, -0.2) is 36.5 Å². The van der Waals surface area contributed by atoms with E-state index in [1.54, 1.807) is 0 Å². The summed E-state index contributed by atoms with van der Waals surface area (Å²) in [5.41, 5.74) is 1.37. The maximum absolute atomic E-state index is 12.6. The van der Waals surface area contributed by atoms with E-state index >= 15 is 0 Å². The van der Waals surface area contributed by atoms with E-state index in [-0.39, 0.29) is 6.04 Å². The molecule has 1 N–H and O–H groups in total. The number of carbonyl (C=O) groups is 1. The quantitative estimate of drug-likeness (QED) is 0.896. The van der Waals surface area contributed by atoms with Gasteiger partial charge in [0.15, 0.2) is 0 Å². The fraction of sp³-hybridized carbons (Fsp3) is 0.588. The van der Waals surface area contributed by atoms with Gasteiger partial charge in [-0.3, -0.25) is 4.79 Å². The fourth-order valence-corrected chi connectivity index (χ4v) is 3.47. The maximum atomic E-state index is 12.6. The van der Waals surface area contributed by atoms with Gasteiger partial charge in [-0.1, -0.05) is 37.3 Å². The van der Waals surface area contributed by atoms with Gasteiger partial charge < -0.3 is 10.2 Å². The first-order valence-electron chi connectivity index (χ1n) is 7.81. The Morgan fingerprint density at radius 2 is 2.05 bits per heavy atom. The Hall–Kier alpha value is -1.35. The van der Waals surface area contributed by atoms with E-state index in [0.717, 1.165) is 32.5 Å². The van der Waals surface area contributed by atoms with Crippen molar-refractivity contribution in [1.29, 1.82) is 0 Å². The average Bonchev–Trinajstić information content (AvgIpc) is 2.97. The van der Waals surface area contributed by atoms with Crippen molar-refractivity contribution in [1.82, 2.24) is 10.2 Å². The normalized spacial score (nSPS) is 30.4. The highest BCUT2D eigenvalue weighted by atomic mass is 16.2. The molecule has 1 aromatic rings. The molecule has 0 aromatic heterocycles. The molecule has 2 aliphatic heterocycles. The zero-order valence-corrected chi connectivity index (χ0v) is 12.2. The van der Waals surface area contributed by atoms with E-state index in [1.165, 1.54) is 12.0 Å². The zero-order chi connectivity index (χ0) is 13.9. The molecule has 2 aliphatic rings. The number of rotatable bonds is 2. The molecule has 0 saturated carbocycles. The molecule has 2 heterocycles. The van der Waals surface area contributed by atoms with E-state index in [2.05, 4.69) is 47.5 Å². The topological polar surface area (TPSA) is 32.3 Å². The first-order valence-corrected chi connectivity index (χ1v) is 7.81. The Morgan fingerprint density at radius 1 is 1.25 bits per heavy atom. The van der Waals surface area contributed by atoms with Gasteiger partial charge in [-0.25, -0.2) is 0 Å². The van der Waals surface area contributed by atoms with Crippen molar-refractivity contribution < 1.29 is 4.79 Å². The number of benzene rings is 1. The number of likely N-dealkylation sites (tertiary alicyclic amines) is 1. The molecule has 1 aromatic carbocycles. The summed E-state index contributed by atoms with van der Waals surface area (Å²) >= 11 is 0. The molecular weight excluding hydrogens is 248 g/mol. The molecule has 3 rings (SSSR count). The van der Waals surface area contributed by atoms with Crippen LogP contribution in [-0.2, 0) is 4.79 Å². The standard InChI is InChI=1S/C17H24N2O/c1-13-7-9-18-16(11-13)17(20)19-10-8-15(12-19)14-5-3-2-4-6-14/h2-6,13,15-16,18H,7-12H2,1H3. The third-order valence-corrected chi connectivity index (χ3v) is 4.73. The van der Waals surface area contributed by atoms with Gasteiger partial charge >= 0.3 is 0 Å². The maximum Gasteiger partial charge on any atom is 0.239 e. The molecule has 0 aliphatic carbocycles. The smallest absolute Gasteiger partial charge is 0.239 e. The van der Waals surface area contributed by atoms with Gasteiger partial charge in [0.1, 0.15) is 0 Å². The number of hydrogen-bond donors (Lipinski definition) is 1. The largest absolute Gasteiger partial charge is 0.341 e. The molecular formula is C17H24N2O. The lowest BCUT2D eigenvalue weighted by atomic mass is 9.93. The fourth-order valence-electron chi connectivity index (χ4n) is 3.47. The van der Waals surface area contributed by atoms with Gasteiger partial charge in [0.05, 0.1) is 6.04 Å². The second-order valence-corrected chi connectivity index (χ2v) is 6.32. The zero-order valence-electron chi connectivity index (χ0n) is 12.2. The van der Waals surface area contributed by atoms with E-state index in [1.807, 2.05) is 0 Å². The van der Waals surface area contributed by atoms with Crippen molar-refractivity contribution in [3.05, 3.63) is 35.9 Å². The average molecular weight is 272 g/mol. The minimum atomic E-state index is 0.0493. The van der Waals surface area contributed by atoms with E-state index in [0.29, 0.717) is 17.7 Å². The van der Waals surface area contributed by atoms with E-state index < -0.39 is 0 Å². The Balaban J connectivity index is 1.61. The summed E-state index contributed by atoms with van der Waals surface area (Å²) in [6, 6.07) is 10.6. The van der Waals surface area contributed by atoms with Gasteiger partial charge in [-0.15, -0.1) is 0 Å². The first kappa shape index (κ1) is 13.6. The number of amides is 1. The van der Waals surface area contributed by atoms with Gasteiger partial charge in [0.2, 0.25) is 5.91 Å². The first-order chi connectivity index (χ1) is 9.74. The number of hydrogen-bond acceptors (Lipinski definition) is 2. The molecule has 0 bridgehead atoms. The third kappa shape index (κ3) is 2.88. The summed E-state index contributed by atoms with van der Waals surface area (Å²) in [6.45, 7) is 5.02. The van der Waals surface area contributed by atoms with Crippen LogP contribution in [0, 0.1) is 5.92 Å². The lowest BCUT2D eigenvalue weighted by Gasteiger charge is -2.30. The Kier molecular flexibility index (Phi) is 4.06. The predicted molar refractivity (Wildman–Crippen MR) is 80.6 cm³/mol. The number of nitrogens with one attached hydrogen (secondary N) is 1. The highest BCUT2D eigenvalue weighted by Gasteiger charge is 2.33. The van der Waals surface area contributed by atoms with Crippen LogP contribution >= 0.6 is 0 Å². The van der Waals surface area contributed by atoms with Crippen molar-refractivity contribution in [2.24, 2.45) is 5.92 Å². The summed E-state index contributed by atoms with van der Waals surface area (Å²) in [4.78, 5) is 14.6. The van der Waals surface area contributed by atoms with Crippen LogP contribution in [0.5, 0.6) is 0 Å². The molecule has 20 heavy (non-hydrogen) atoms. The second-order valence-electron chi connectivity index (χ2n) is 6.32. The van der Waals surface area contributed by atoms with Crippen molar-refractivity contribution >= 4 is 5.91 Å². The van der Waals surface area contributed by atoms with Gasteiger partial charge in [0, 0.05) is 19.0 Å². The molecule has 2 fully saturated rings. The van der Waals surface area contributed by atoms with Crippen LogP contribution < -0.4 is 5.32 Å². The van der Waals surface area contributed by atoms with Crippen molar-refractivity contribution in [3.8, 4) is 0 Å². The Labute approximate surface area is 121 Å². The molecule has 0 spiro atoms. The van der Waals surface area contributed by atoms with Crippen LogP contribution in [0.15, 0.2) is 30.3 Å². The molecule has 3 heteroatoms. The molecule has 3 unspecified atom stereocenters. The number of nitrogens with zero attached hydrogens (tertiary/aromatic N) is 1. The van der Waals surface area contributed by atoms with Crippen LogP contribution in [0.3, 0.4) is 0 Å². The lowest BCUT2D eigenvalue weighted by Crippen LogP contribution is -2.49. The summed E-state index contributed by atoms with van der Waals surface area (Å²) in [7, 11) is 0. The molecule has 0 radical (unpaired) electrons. The SMILES string of the molecule is CC1CCNC(C(=O)N2CCC(c3ccccc3)C2)C1. The Bertz CT molecular complexity index is 459. The lowest BCUT2D eigenvalue weighted by molar-refractivity contribution is -0.133. The predicted octanol–water partition coefficient (Wildman–Crippen LogP) is 2.39. The third-order valence-electron chi connectivity index (χ3n) is 4.73. The molecule has 3 atom stereocenters. The van der Waals surface area contributed by atoms with Gasteiger partial charge in [0.25, 0.3) is 0 Å². The van der Waals surface area contributed by atoms with E-state index in [4.69, 9.17) is 0 Å². The van der Waals surface area contributed by atoms with Gasteiger partial charge in [-0.2, -0.15) is 0 Å². The number of carbonyl (C=O) groups excluding carboxylic acids is 1. The van der Waals surface area contributed by atoms with Crippen LogP contribution in [0.4, 0.5) is 0 Å². The molecule has 3 nitrogen and oxygen atoms in total. The highest BCUT2D eigenvalue weighted by molar-refractivity contribution is 5.82. The van der Waals surface area contributed by atoms with Crippen molar-refractivity contribution in [2.75, 3.05) is 19.6 Å². The van der Waals surface area contributed by atoms with Crippen LogP contribution in [0.25, 0.3) is 0 Å². The monoisotopic (exact) mass is 272 g/mol. The van der Waals surface area contributed by atoms with Gasteiger partial charge in [-0.05, 0) is 37.3 Å². The van der Waals surface area contributed by atoms with Crippen LogP contribution in [0.1, 0.15) is 37.7 Å². The van der Waals surface area contributed by atoms with Crippen molar-refractivity contribution in [2.45, 2.75) is 38.1 Å². The number of piperidine rings is 1.